The molecule has 0 saturated carbocycles. The SMILES string of the molecule is CC(C)Sc1ccc(CC(=O)NN)cc1. The highest BCUT2D eigenvalue weighted by Crippen LogP contribution is 2.22. The molecule has 0 unspecified atom stereocenters. The van der Waals surface area contributed by atoms with Gasteiger partial charge in [-0.15, -0.1) is 11.8 Å². The fourth-order valence-corrected chi connectivity index (χ4v) is 2.03. The molecule has 3 nitrogen and oxygen atoms in total. The zero-order valence-electron chi connectivity index (χ0n) is 8.99. The average molecular weight is 224 g/mol. The van der Waals surface area contributed by atoms with Gasteiger partial charge in [-0.25, -0.2) is 5.84 Å². The summed E-state index contributed by atoms with van der Waals surface area (Å²) >= 11 is 1.81. The molecule has 1 rings (SSSR count). The minimum absolute atomic E-state index is 0.167. The predicted molar refractivity (Wildman–Crippen MR) is 63.5 cm³/mol. The Hall–Kier alpha value is -1.00. The van der Waals surface area contributed by atoms with E-state index in [1.54, 1.807) is 11.8 Å². The van der Waals surface area contributed by atoms with E-state index in [4.69, 9.17) is 5.84 Å². The van der Waals surface area contributed by atoms with Gasteiger partial charge in [0.1, 0.15) is 0 Å². The van der Waals surface area contributed by atoms with Crippen LogP contribution in [0.25, 0.3) is 0 Å². The number of nitrogens with one attached hydrogen (secondary N) is 1. The Kier molecular flexibility index (Phi) is 4.65. The van der Waals surface area contributed by atoms with Gasteiger partial charge in [0.25, 0.3) is 0 Å². The van der Waals surface area contributed by atoms with Gasteiger partial charge in [-0.3, -0.25) is 10.2 Å². The van der Waals surface area contributed by atoms with E-state index < -0.39 is 0 Å². The Bertz CT molecular complexity index is 322. The Morgan fingerprint density at radius 1 is 1.40 bits per heavy atom. The van der Waals surface area contributed by atoms with Crippen molar-refractivity contribution in [3.63, 3.8) is 0 Å². The molecule has 0 aliphatic rings. The predicted octanol–water partition coefficient (Wildman–Crippen LogP) is 1.72. The van der Waals surface area contributed by atoms with E-state index in [1.165, 1.54) is 4.90 Å². The molecule has 0 spiro atoms. The van der Waals surface area contributed by atoms with Crippen LogP contribution in [-0.2, 0) is 11.2 Å². The molecule has 1 aromatic carbocycles. The number of hydrogen-bond donors (Lipinski definition) is 2. The van der Waals surface area contributed by atoms with Crippen molar-refractivity contribution >= 4 is 17.7 Å². The number of nitrogens with two attached hydrogens (primary N) is 1. The minimum atomic E-state index is -0.167. The summed E-state index contributed by atoms with van der Waals surface area (Å²) in [6.45, 7) is 4.31. The molecule has 82 valence electrons. The lowest BCUT2D eigenvalue weighted by molar-refractivity contribution is -0.120. The lowest BCUT2D eigenvalue weighted by atomic mass is 10.1. The van der Waals surface area contributed by atoms with Crippen molar-refractivity contribution in [3.8, 4) is 0 Å². The molecular formula is C11H16N2OS. The van der Waals surface area contributed by atoms with E-state index >= 15 is 0 Å². The summed E-state index contributed by atoms with van der Waals surface area (Å²) in [7, 11) is 0. The van der Waals surface area contributed by atoms with Gasteiger partial charge in [0.15, 0.2) is 0 Å². The summed E-state index contributed by atoms with van der Waals surface area (Å²) in [5.41, 5.74) is 3.09. The van der Waals surface area contributed by atoms with E-state index in [1.807, 2.05) is 24.3 Å². The first-order chi connectivity index (χ1) is 7.11. The van der Waals surface area contributed by atoms with Crippen molar-refractivity contribution in [2.24, 2.45) is 5.84 Å². The first-order valence-electron chi connectivity index (χ1n) is 4.87. The van der Waals surface area contributed by atoms with Crippen LogP contribution in [0.2, 0.25) is 0 Å². The second-order valence-corrected chi connectivity index (χ2v) is 5.20. The van der Waals surface area contributed by atoms with Gasteiger partial charge in [-0.05, 0) is 17.7 Å². The van der Waals surface area contributed by atoms with E-state index in [-0.39, 0.29) is 5.91 Å². The van der Waals surface area contributed by atoms with Crippen LogP contribution in [0.3, 0.4) is 0 Å². The number of hydrogen-bond acceptors (Lipinski definition) is 3. The summed E-state index contributed by atoms with van der Waals surface area (Å²) < 4.78 is 0. The molecule has 0 radical (unpaired) electrons. The third-order valence-electron chi connectivity index (χ3n) is 1.82. The highest BCUT2D eigenvalue weighted by molar-refractivity contribution is 7.99. The maximum absolute atomic E-state index is 11.0. The smallest absolute Gasteiger partial charge is 0.238 e. The first-order valence-corrected chi connectivity index (χ1v) is 5.75. The number of carbonyl (C=O) groups excluding carboxylic acids is 1. The lowest BCUT2D eigenvalue weighted by Crippen LogP contribution is -2.31. The third-order valence-corrected chi connectivity index (χ3v) is 2.84. The van der Waals surface area contributed by atoms with Gasteiger partial charge in [-0.2, -0.15) is 0 Å². The van der Waals surface area contributed by atoms with Crippen LogP contribution >= 0.6 is 11.8 Å². The van der Waals surface area contributed by atoms with Crippen LogP contribution in [0.15, 0.2) is 29.2 Å². The fourth-order valence-electron chi connectivity index (χ4n) is 1.19. The van der Waals surface area contributed by atoms with Gasteiger partial charge < -0.3 is 0 Å². The standard InChI is InChI=1S/C11H16N2OS/c1-8(2)15-10-5-3-9(4-6-10)7-11(14)13-12/h3-6,8H,7,12H2,1-2H3,(H,13,14). The van der Waals surface area contributed by atoms with Crippen LogP contribution in [-0.4, -0.2) is 11.2 Å². The molecular weight excluding hydrogens is 208 g/mol. The summed E-state index contributed by atoms with van der Waals surface area (Å²) in [6.07, 6.45) is 0.336. The largest absolute Gasteiger partial charge is 0.294 e. The number of hydrazine groups is 1. The Morgan fingerprint density at radius 2 is 2.00 bits per heavy atom. The van der Waals surface area contributed by atoms with Crippen LogP contribution in [0.5, 0.6) is 0 Å². The highest BCUT2D eigenvalue weighted by atomic mass is 32.2. The molecule has 0 aliphatic heterocycles. The van der Waals surface area contributed by atoms with Crippen molar-refractivity contribution in [2.45, 2.75) is 30.4 Å². The van der Waals surface area contributed by atoms with E-state index in [9.17, 15) is 4.79 Å². The van der Waals surface area contributed by atoms with Gasteiger partial charge in [-0.1, -0.05) is 26.0 Å². The van der Waals surface area contributed by atoms with Crippen molar-refractivity contribution < 1.29 is 4.79 Å². The van der Waals surface area contributed by atoms with E-state index in [0.717, 1.165) is 5.56 Å². The van der Waals surface area contributed by atoms with Gasteiger partial charge in [0.2, 0.25) is 5.91 Å². The first kappa shape index (κ1) is 12.1. The van der Waals surface area contributed by atoms with Gasteiger partial charge >= 0.3 is 0 Å². The molecule has 0 atom stereocenters. The molecule has 0 bridgehead atoms. The summed E-state index contributed by atoms with van der Waals surface area (Å²) in [4.78, 5) is 12.2. The van der Waals surface area contributed by atoms with E-state index in [0.29, 0.717) is 11.7 Å². The molecule has 0 aliphatic carbocycles. The van der Waals surface area contributed by atoms with Gasteiger partial charge in [0.05, 0.1) is 6.42 Å². The molecule has 1 aromatic rings. The van der Waals surface area contributed by atoms with Crippen molar-refractivity contribution in [1.82, 2.24) is 5.43 Å². The zero-order valence-corrected chi connectivity index (χ0v) is 9.80. The lowest BCUT2D eigenvalue weighted by Gasteiger charge is -2.05. The second kappa shape index (κ2) is 5.78. The van der Waals surface area contributed by atoms with Crippen LogP contribution in [0.1, 0.15) is 19.4 Å². The molecule has 0 heterocycles. The minimum Gasteiger partial charge on any atom is -0.294 e. The monoisotopic (exact) mass is 224 g/mol. The molecule has 1 amide bonds. The fraction of sp³-hybridized carbons (Fsp3) is 0.364. The van der Waals surface area contributed by atoms with Crippen LogP contribution < -0.4 is 11.3 Å². The summed E-state index contributed by atoms with van der Waals surface area (Å²) in [5, 5.41) is 0.572. The average Bonchev–Trinajstić information content (AvgIpc) is 2.20. The molecule has 0 saturated heterocycles. The van der Waals surface area contributed by atoms with Crippen molar-refractivity contribution in [2.75, 3.05) is 0 Å². The normalized spacial score (nSPS) is 10.4. The zero-order chi connectivity index (χ0) is 11.3. The maximum atomic E-state index is 11.0. The number of thioether (sulfide) groups is 1. The number of carbonyl (C=O) groups is 1. The van der Waals surface area contributed by atoms with Crippen LogP contribution in [0.4, 0.5) is 0 Å². The third kappa shape index (κ3) is 4.36. The molecule has 0 aromatic heterocycles. The highest BCUT2D eigenvalue weighted by Gasteiger charge is 2.02. The Balaban J connectivity index is 2.60. The second-order valence-electron chi connectivity index (χ2n) is 3.55. The van der Waals surface area contributed by atoms with Crippen molar-refractivity contribution in [3.05, 3.63) is 29.8 Å². The van der Waals surface area contributed by atoms with Crippen LogP contribution in [0, 0.1) is 0 Å². The molecule has 4 heteroatoms. The molecule has 0 fully saturated rings. The molecule has 15 heavy (non-hydrogen) atoms. The quantitative estimate of drug-likeness (QED) is 0.354. The number of amides is 1. The topological polar surface area (TPSA) is 55.1 Å². The van der Waals surface area contributed by atoms with Gasteiger partial charge in [0, 0.05) is 10.1 Å². The molecule has 3 N–H and O–H groups in total. The maximum Gasteiger partial charge on any atom is 0.238 e. The number of rotatable bonds is 4. The summed E-state index contributed by atoms with van der Waals surface area (Å²) in [6, 6.07) is 7.98. The van der Waals surface area contributed by atoms with E-state index in [2.05, 4.69) is 19.3 Å². The number of benzene rings is 1. The Labute approximate surface area is 94.4 Å². The summed E-state index contributed by atoms with van der Waals surface area (Å²) in [5.74, 6) is 4.84. The van der Waals surface area contributed by atoms with Crippen molar-refractivity contribution in [1.29, 1.82) is 0 Å². The Morgan fingerprint density at radius 3 is 2.47 bits per heavy atom.